The first-order chi connectivity index (χ1) is 11.8. The predicted molar refractivity (Wildman–Crippen MR) is 87.7 cm³/mol. The molecule has 1 aromatic heterocycles. The van der Waals surface area contributed by atoms with Gasteiger partial charge in [-0.25, -0.2) is 17.2 Å². The fourth-order valence-corrected chi connectivity index (χ4v) is 4.36. The van der Waals surface area contributed by atoms with Crippen LogP contribution >= 0.6 is 0 Å². The van der Waals surface area contributed by atoms with Crippen molar-refractivity contribution < 1.29 is 22.0 Å². The van der Waals surface area contributed by atoms with Gasteiger partial charge >= 0.3 is 0 Å². The van der Waals surface area contributed by atoms with E-state index in [-0.39, 0.29) is 10.6 Å². The van der Waals surface area contributed by atoms with Crippen LogP contribution < -0.4 is 5.32 Å². The van der Waals surface area contributed by atoms with E-state index in [0.29, 0.717) is 13.1 Å². The lowest BCUT2D eigenvalue weighted by Crippen LogP contribution is -2.27. The van der Waals surface area contributed by atoms with Crippen LogP contribution in [0.15, 0.2) is 35.4 Å². The molecule has 1 fully saturated rings. The monoisotopic (exact) mass is 369 g/mol. The van der Waals surface area contributed by atoms with Crippen LogP contribution in [0, 0.1) is 11.6 Å². The van der Waals surface area contributed by atoms with Crippen molar-refractivity contribution in [3.05, 3.63) is 47.8 Å². The molecular weight excluding hydrogens is 352 g/mol. The van der Waals surface area contributed by atoms with Gasteiger partial charge in [0, 0.05) is 26.3 Å². The van der Waals surface area contributed by atoms with Crippen LogP contribution in [0.1, 0.15) is 23.3 Å². The highest BCUT2D eigenvalue weighted by atomic mass is 32.2. The molecule has 1 aliphatic heterocycles. The average Bonchev–Trinajstić information content (AvgIpc) is 3.21. The van der Waals surface area contributed by atoms with Gasteiger partial charge in [0.2, 0.25) is 10.0 Å². The number of anilines is 1. The van der Waals surface area contributed by atoms with E-state index in [4.69, 9.17) is 0 Å². The first kappa shape index (κ1) is 17.6. The molecule has 134 valence electrons. The highest BCUT2D eigenvalue weighted by Crippen LogP contribution is 2.24. The number of nitrogens with zero attached hydrogens (tertiary/aromatic N) is 2. The molecule has 9 heteroatoms. The smallest absolute Gasteiger partial charge is 0.272 e. The molecule has 0 atom stereocenters. The van der Waals surface area contributed by atoms with Gasteiger partial charge in [-0.2, -0.15) is 4.31 Å². The van der Waals surface area contributed by atoms with Gasteiger partial charge in [0.1, 0.15) is 27.9 Å². The third-order valence-corrected chi connectivity index (χ3v) is 5.98. The highest BCUT2D eigenvalue weighted by Gasteiger charge is 2.29. The molecule has 0 radical (unpaired) electrons. The van der Waals surface area contributed by atoms with Gasteiger partial charge in [-0.1, -0.05) is 6.07 Å². The average molecular weight is 369 g/mol. The van der Waals surface area contributed by atoms with Gasteiger partial charge in [0.25, 0.3) is 5.91 Å². The standard InChI is InChI=1S/C16H17F2N3O3S/c1-20-10-11(25(23,24)21-7-2-3-8-21)9-14(20)16(22)19-15-12(17)5-4-6-13(15)18/h4-6,9-10H,2-3,7-8H2,1H3,(H,19,22). The number of hydrogen-bond donors (Lipinski definition) is 1. The second-order valence-electron chi connectivity index (χ2n) is 5.83. The topological polar surface area (TPSA) is 71.4 Å². The Balaban J connectivity index is 1.88. The summed E-state index contributed by atoms with van der Waals surface area (Å²) in [4.78, 5) is 12.3. The molecule has 0 saturated carbocycles. The number of aromatic nitrogens is 1. The van der Waals surface area contributed by atoms with Gasteiger partial charge in [0.05, 0.1) is 0 Å². The molecule has 0 unspecified atom stereocenters. The van der Waals surface area contributed by atoms with E-state index in [9.17, 15) is 22.0 Å². The van der Waals surface area contributed by atoms with E-state index in [0.717, 1.165) is 25.0 Å². The van der Waals surface area contributed by atoms with Crippen LogP contribution in [0.25, 0.3) is 0 Å². The lowest BCUT2D eigenvalue weighted by molar-refractivity contribution is 0.101. The molecule has 0 bridgehead atoms. The zero-order valence-electron chi connectivity index (χ0n) is 13.5. The van der Waals surface area contributed by atoms with Crippen molar-refractivity contribution in [2.45, 2.75) is 17.7 Å². The molecule has 25 heavy (non-hydrogen) atoms. The maximum absolute atomic E-state index is 13.7. The minimum atomic E-state index is -3.68. The minimum absolute atomic E-state index is 0.0135. The van der Waals surface area contributed by atoms with Gasteiger partial charge in [0.15, 0.2) is 0 Å². The van der Waals surface area contributed by atoms with Crippen LogP contribution in [0.3, 0.4) is 0 Å². The van der Waals surface area contributed by atoms with Crippen LogP contribution in [-0.2, 0) is 17.1 Å². The Labute approximate surface area is 144 Å². The molecule has 2 aromatic rings. The number of carbonyl (C=O) groups excluding carboxylic acids is 1. The van der Waals surface area contributed by atoms with Crippen LogP contribution in [0.2, 0.25) is 0 Å². The second kappa shape index (κ2) is 6.57. The lowest BCUT2D eigenvalue weighted by Gasteiger charge is -2.13. The largest absolute Gasteiger partial charge is 0.345 e. The van der Waals surface area contributed by atoms with Gasteiger partial charge in [-0.05, 0) is 31.0 Å². The zero-order valence-corrected chi connectivity index (χ0v) is 14.3. The Kier molecular flexibility index (Phi) is 4.61. The number of sulfonamides is 1. The van der Waals surface area contributed by atoms with Crippen LogP contribution in [0.5, 0.6) is 0 Å². The van der Waals surface area contributed by atoms with Crippen molar-refractivity contribution in [3.63, 3.8) is 0 Å². The van der Waals surface area contributed by atoms with Crippen LogP contribution in [-0.4, -0.2) is 36.3 Å². The SMILES string of the molecule is Cn1cc(S(=O)(=O)N2CCCC2)cc1C(=O)Nc1c(F)cccc1F. The summed E-state index contributed by atoms with van der Waals surface area (Å²) < 4.78 is 55.1. The summed E-state index contributed by atoms with van der Waals surface area (Å²) in [6.07, 6.45) is 2.91. The van der Waals surface area contributed by atoms with Gasteiger partial charge < -0.3 is 9.88 Å². The Bertz CT molecular complexity index is 898. The van der Waals surface area contributed by atoms with Crippen LogP contribution in [0.4, 0.5) is 14.5 Å². The number of benzene rings is 1. The first-order valence-electron chi connectivity index (χ1n) is 7.72. The summed E-state index contributed by atoms with van der Waals surface area (Å²) in [7, 11) is -2.18. The molecular formula is C16H17F2N3O3S. The lowest BCUT2D eigenvalue weighted by atomic mass is 10.2. The van der Waals surface area contributed by atoms with E-state index in [1.54, 1.807) is 0 Å². The number of halogens is 2. The molecule has 1 N–H and O–H groups in total. The van der Waals surface area contributed by atoms with Crippen molar-refractivity contribution in [1.29, 1.82) is 0 Å². The summed E-state index contributed by atoms with van der Waals surface area (Å²) >= 11 is 0. The number of carbonyl (C=O) groups is 1. The predicted octanol–water partition coefficient (Wildman–Crippen LogP) is 2.34. The quantitative estimate of drug-likeness (QED) is 0.899. The Morgan fingerprint density at radius 3 is 2.36 bits per heavy atom. The van der Waals surface area contributed by atoms with E-state index < -0.39 is 33.3 Å². The number of amides is 1. The Morgan fingerprint density at radius 1 is 1.16 bits per heavy atom. The zero-order chi connectivity index (χ0) is 18.2. The molecule has 1 saturated heterocycles. The van der Waals surface area contributed by atoms with Crippen molar-refractivity contribution in [3.8, 4) is 0 Å². The third kappa shape index (κ3) is 3.29. The number of aryl methyl sites for hydroxylation is 1. The van der Waals surface area contributed by atoms with Crippen molar-refractivity contribution in [2.75, 3.05) is 18.4 Å². The van der Waals surface area contributed by atoms with Crippen molar-refractivity contribution in [1.82, 2.24) is 8.87 Å². The molecule has 1 aliphatic rings. The van der Waals surface area contributed by atoms with E-state index in [2.05, 4.69) is 5.32 Å². The normalized spacial score (nSPS) is 15.5. The number of rotatable bonds is 4. The molecule has 3 rings (SSSR count). The molecule has 1 aromatic carbocycles. The highest BCUT2D eigenvalue weighted by molar-refractivity contribution is 7.89. The first-order valence-corrected chi connectivity index (χ1v) is 9.16. The summed E-state index contributed by atoms with van der Waals surface area (Å²) in [6, 6.07) is 4.44. The Hall–Kier alpha value is -2.26. The minimum Gasteiger partial charge on any atom is -0.345 e. The van der Waals surface area contributed by atoms with Gasteiger partial charge in [-0.3, -0.25) is 4.79 Å². The summed E-state index contributed by atoms with van der Waals surface area (Å²) in [6.45, 7) is 0.887. The molecule has 0 spiro atoms. The number of nitrogens with one attached hydrogen (secondary N) is 1. The maximum Gasteiger partial charge on any atom is 0.272 e. The van der Waals surface area contributed by atoms with Gasteiger partial charge in [-0.15, -0.1) is 0 Å². The molecule has 6 nitrogen and oxygen atoms in total. The fourth-order valence-electron chi connectivity index (χ4n) is 2.77. The summed E-state index contributed by atoms with van der Waals surface area (Å²) in [5.74, 6) is -2.62. The van der Waals surface area contributed by atoms with E-state index in [1.807, 2.05) is 0 Å². The summed E-state index contributed by atoms with van der Waals surface area (Å²) in [5.41, 5.74) is -0.585. The molecule has 0 aliphatic carbocycles. The van der Waals surface area contributed by atoms with E-state index >= 15 is 0 Å². The molecule has 1 amide bonds. The van der Waals surface area contributed by atoms with Crippen molar-refractivity contribution in [2.24, 2.45) is 7.05 Å². The second-order valence-corrected chi connectivity index (χ2v) is 7.77. The maximum atomic E-state index is 13.7. The summed E-state index contributed by atoms with van der Waals surface area (Å²) in [5, 5.41) is 2.15. The third-order valence-electron chi connectivity index (χ3n) is 4.12. The van der Waals surface area contributed by atoms with Crippen molar-refractivity contribution >= 4 is 21.6 Å². The number of hydrogen-bond acceptors (Lipinski definition) is 3. The Morgan fingerprint density at radius 2 is 1.76 bits per heavy atom. The fraction of sp³-hybridized carbons (Fsp3) is 0.312. The van der Waals surface area contributed by atoms with E-state index in [1.165, 1.54) is 34.2 Å². The number of para-hydroxylation sites is 1. The molecule has 2 heterocycles.